The quantitative estimate of drug-likeness (QED) is 0.170. The van der Waals surface area contributed by atoms with Crippen LogP contribution in [0.1, 0.15) is 0 Å². The molecule has 3 heteroatoms. The summed E-state index contributed by atoms with van der Waals surface area (Å²) in [6, 6.07) is 69.8. The van der Waals surface area contributed by atoms with Gasteiger partial charge in [-0.2, -0.15) is 0 Å². The fraction of sp³-hybridized carbons (Fsp3) is 0. The molecule has 0 atom stereocenters. The van der Waals surface area contributed by atoms with Crippen molar-refractivity contribution >= 4 is 76.4 Å². The summed E-state index contributed by atoms with van der Waals surface area (Å²) in [5.41, 5.74) is 9.04. The Labute approximate surface area is 290 Å². The maximum absolute atomic E-state index is 2.43. The summed E-state index contributed by atoms with van der Waals surface area (Å²) in [6.07, 6.45) is 0. The summed E-state index contributed by atoms with van der Waals surface area (Å²) >= 11 is 1.87. The Kier molecular flexibility index (Phi) is 7.38. The van der Waals surface area contributed by atoms with E-state index >= 15 is 0 Å². The van der Waals surface area contributed by atoms with E-state index < -0.39 is 0 Å². The van der Waals surface area contributed by atoms with Gasteiger partial charge in [0.25, 0.3) is 0 Å². The van der Waals surface area contributed by atoms with E-state index in [9.17, 15) is 0 Å². The molecular weight excluding hydrogens is 613 g/mol. The molecule has 0 aliphatic heterocycles. The Balaban J connectivity index is 1.39. The second kappa shape index (κ2) is 12.5. The zero-order valence-electron chi connectivity index (χ0n) is 26.8. The molecule has 2 nitrogen and oxygen atoms in total. The van der Waals surface area contributed by atoms with Gasteiger partial charge in [-0.15, -0.1) is 11.3 Å². The van der Waals surface area contributed by atoms with Crippen molar-refractivity contribution in [2.75, 3.05) is 9.80 Å². The number of para-hydroxylation sites is 3. The van der Waals surface area contributed by atoms with E-state index in [0.717, 1.165) is 34.1 Å². The van der Waals surface area contributed by atoms with Crippen LogP contribution in [0.4, 0.5) is 34.1 Å². The van der Waals surface area contributed by atoms with Crippen molar-refractivity contribution < 1.29 is 0 Å². The van der Waals surface area contributed by atoms with Crippen molar-refractivity contribution in [3.63, 3.8) is 0 Å². The van der Waals surface area contributed by atoms with Crippen LogP contribution in [-0.2, 0) is 0 Å². The van der Waals surface area contributed by atoms with Crippen LogP contribution in [0.15, 0.2) is 194 Å². The van der Waals surface area contributed by atoms with Crippen LogP contribution in [0.25, 0.3) is 42.1 Å². The van der Waals surface area contributed by atoms with Crippen LogP contribution in [-0.4, -0.2) is 0 Å². The van der Waals surface area contributed by atoms with Crippen LogP contribution in [0.5, 0.6) is 0 Å². The maximum Gasteiger partial charge on any atom is 0.0883 e. The van der Waals surface area contributed by atoms with Crippen LogP contribution in [0.2, 0.25) is 0 Å². The smallest absolute Gasteiger partial charge is 0.0883 e. The molecule has 232 valence electrons. The average molecular weight is 645 g/mol. The van der Waals surface area contributed by atoms with E-state index in [4.69, 9.17) is 0 Å². The molecule has 0 aliphatic carbocycles. The molecule has 0 spiro atoms. The van der Waals surface area contributed by atoms with Gasteiger partial charge in [-0.05, 0) is 88.6 Å². The van der Waals surface area contributed by atoms with Crippen molar-refractivity contribution in [3.8, 4) is 11.1 Å². The molecule has 1 heterocycles. The van der Waals surface area contributed by atoms with Crippen molar-refractivity contribution in [2.45, 2.75) is 0 Å². The highest BCUT2D eigenvalue weighted by molar-refractivity contribution is 7.26. The molecule has 0 amide bonds. The lowest BCUT2D eigenvalue weighted by atomic mass is 10.0. The molecular formula is C46H32N2S. The molecule has 1 aromatic heterocycles. The minimum atomic E-state index is 1.10. The van der Waals surface area contributed by atoms with Gasteiger partial charge < -0.3 is 9.80 Å². The summed E-state index contributed by atoms with van der Waals surface area (Å²) in [6.45, 7) is 0. The number of benzene rings is 8. The summed E-state index contributed by atoms with van der Waals surface area (Å²) in [7, 11) is 0. The van der Waals surface area contributed by atoms with E-state index in [0.29, 0.717) is 0 Å². The molecule has 0 saturated heterocycles. The third kappa shape index (κ3) is 5.31. The Hall–Kier alpha value is -6.16. The molecule has 0 radical (unpaired) electrons. The van der Waals surface area contributed by atoms with Gasteiger partial charge in [0, 0.05) is 38.2 Å². The van der Waals surface area contributed by atoms with Crippen molar-refractivity contribution in [3.05, 3.63) is 194 Å². The minimum Gasteiger partial charge on any atom is -0.308 e. The zero-order chi connectivity index (χ0) is 32.6. The van der Waals surface area contributed by atoms with Crippen molar-refractivity contribution in [2.24, 2.45) is 0 Å². The second-order valence-corrected chi connectivity index (χ2v) is 13.3. The average Bonchev–Trinajstić information content (AvgIpc) is 3.54. The first-order valence-electron chi connectivity index (χ1n) is 16.6. The number of hydrogen-bond donors (Lipinski definition) is 0. The van der Waals surface area contributed by atoms with Gasteiger partial charge in [0.2, 0.25) is 0 Å². The number of rotatable bonds is 7. The van der Waals surface area contributed by atoms with E-state index in [2.05, 4.69) is 204 Å². The zero-order valence-corrected chi connectivity index (χ0v) is 27.6. The number of fused-ring (bicyclic) bond motifs is 4. The summed E-state index contributed by atoms with van der Waals surface area (Å²) in [5, 5.41) is 5.05. The SMILES string of the molecule is c1ccc(-c2cccc(N(c3ccccc3)c3ccc4c(sc5cc6ccccc6cc54)c3N(c3ccccc3)c3ccccc3)c2)cc1. The van der Waals surface area contributed by atoms with Gasteiger partial charge in [-0.3, -0.25) is 0 Å². The summed E-state index contributed by atoms with van der Waals surface area (Å²) < 4.78 is 2.53. The van der Waals surface area contributed by atoms with E-state index in [1.54, 1.807) is 0 Å². The molecule has 0 unspecified atom stereocenters. The summed E-state index contributed by atoms with van der Waals surface area (Å²) in [4.78, 5) is 4.85. The number of nitrogens with zero attached hydrogens (tertiary/aromatic N) is 2. The molecule has 49 heavy (non-hydrogen) atoms. The lowest BCUT2D eigenvalue weighted by Gasteiger charge is -2.33. The lowest BCUT2D eigenvalue weighted by Crippen LogP contribution is -2.17. The predicted molar refractivity (Wildman–Crippen MR) is 212 cm³/mol. The van der Waals surface area contributed by atoms with Crippen LogP contribution < -0.4 is 9.80 Å². The van der Waals surface area contributed by atoms with E-state index in [-0.39, 0.29) is 0 Å². The van der Waals surface area contributed by atoms with Gasteiger partial charge in [-0.25, -0.2) is 0 Å². The Morgan fingerprint density at radius 2 is 0.857 bits per heavy atom. The Morgan fingerprint density at radius 1 is 0.347 bits per heavy atom. The molecule has 9 rings (SSSR count). The molecule has 9 aromatic rings. The van der Waals surface area contributed by atoms with Gasteiger partial charge in [0.05, 0.1) is 16.1 Å². The fourth-order valence-electron chi connectivity index (χ4n) is 6.92. The first-order chi connectivity index (χ1) is 24.3. The topological polar surface area (TPSA) is 6.48 Å². The van der Waals surface area contributed by atoms with Gasteiger partial charge in [0.1, 0.15) is 0 Å². The Morgan fingerprint density at radius 3 is 1.49 bits per heavy atom. The van der Waals surface area contributed by atoms with Crippen LogP contribution >= 0.6 is 11.3 Å². The number of hydrogen-bond acceptors (Lipinski definition) is 3. The third-order valence-electron chi connectivity index (χ3n) is 9.18. The van der Waals surface area contributed by atoms with Gasteiger partial charge in [0.15, 0.2) is 0 Å². The van der Waals surface area contributed by atoms with Crippen molar-refractivity contribution in [1.82, 2.24) is 0 Å². The third-order valence-corrected chi connectivity index (χ3v) is 10.4. The lowest BCUT2D eigenvalue weighted by molar-refractivity contribution is 1.24. The molecule has 8 aromatic carbocycles. The first-order valence-corrected chi connectivity index (χ1v) is 17.4. The first kappa shape index (κ1) is 29.0. The van der Waals surface area contributed by atoms with Gasteiger partial charge in [-0.1, -0.05) is 127 Å². The second-order valence-electron chi connectivity index (χ2n) is 12.2. The molecule has 0 bridgehead atoms. The largest absolute Gasteiger partial charge is 0.308 e. The number of anilines is 6. The highest BCUT2D eigenvalue weighted by Crippen LogP contribution is 2.52. The van der Waals surface area contributed by atoms with E-state index in [1.165, 1.54) is 42.1 Å². The fourth-order valence-corrected chi connectivity index (χ4v) is 8.18. The molecule has 0 fully saturated rings. The number of thiophene rings is 1. The highest BCUT2D eigenvalue weighted by atomic mass is 32.1. The predicted octanol–water partition coefficient (Wildman–Crippen LogP) is 13.8. The van der Waals surface area contributed by atoms with Crippen LogP contribution in [0, 0.1) is 0 Å². The molecule has 0 N–H and O–H groups in total. The molecule has 0 saturated carbocycles. The standard InChI is InChI=1S/C46H32N2S/c1-5-16-33(17-6-1)34-20-15-27-40(30-34)47(37-21-7-2-8-22-37)43-29-28-41-42-31-35-18-13-14-19-36(35)32-44(42)49-46(41)45(43)48(38-23-9-3-10-24-38)39-25-11-4-12-26-39/h1-32H. The van der Waals surface area contributed by atoms with Crippen LogP contribution in [0.3, 0.4) is 0 Å². The molecule has 0 aliphatic rings. The van der Waals surface area contributed by atoms with E-state index in [1.807, 2.05) is 11.3 Å². The van der Waals surface area contributed by atoms with Gasteiger partial charge >= 0.3 is 0 Å². The normalized spacial score (nSPS) is 11.3. The monoisotopic (exact) mass is 644 g/mol. The Bertz CT molecular complexity index is 2500. The van der Waals surface area contributed by atoms with Crippen molar-refractivity contribution in [1.29, 1.82) is 0 Å². The maximum atomic E-state index is 2.43. The minimum absolute atomic E-state index is 1.10. The highest BCUT2D eigenvalue weighted by Gasteiger charge is 2.26. The summed E-state index contributed by atoms with van der Waals surface area (Å²) in [5.74, 6) is 0.